The van der Waals surface area contributed by atoms with Crippen molar-refractivity contribution >= 4 is 21.8 Å². The summed E-state index contributed by atoms with van der Waals surface area (Å²) in [5.74, 6) is 1.66. The van der Waals surface area contributed by atoms with Crippen LogP contribution < -0.4 is 4.74 Å². The molecule has 0 spiro atoms. The van der Waals surface area contributed by atoms with E-state index in [0.717, 1.165) is 22.6 Å². The predicted octanol–water partition coefficient (Wildman–Crippen LogP) is 2.31. The van der Waals surface area contributed by atoms with Gasteiger partial charge in [-0.15, -0.1) is 0 Å². The van der Waals surface area contributed by atoms with Crippen molar-refractivity contribution in [3.8, 4) is 5.75 Å². The second-order valence-electron chi connectivity index (χ2n) is 4.61. The highest BCUT2D eigenvalue weighted by Crippen LogP contribution is 2.26. The molecule has 0 aliphatic carbocycles. The maximum Gasteiger partial charge on any atom is 0.254 e. The zero-order valence-corrected chi connectivity index (χ0v) is 12.6. The first kappa shape index (κ1) is 13.2. The van der Waals surface area contributed by atoms with E-state index in [2.05, 4.69) is 25.5 Å². The Hall–Kier alpha value is -1.82. The molecule has 6 heteroatoms. The largest absolute Gasteiger partial charge is 0.496 e. The summed E-state index contributed by atoms with van der Waals surface area (Å²) in [6, 6.07) is 5.37. The molecule has 0 radical (unpaired) electrons. The van der Waals surface area contributed by atoms with Crippen LogP contribution in [-0.4, -0.2) is 34.0 Å². The number of methoxy groups -OCH3 is 1. The second kappa shape index (κ2) is 5.28. The van der Waals surface area contributed by atoms with Gasteiger partial charge in [0.15, 0.2) is 0 Å². The number of ether oxygens (including phenoxy) is 1. The normalized spacial score (nSPS) is 14.0. The van der Waals surface area contributed by atoms with E-state index in [0.29, 0.717) is 18.7 Å². The van der Waals surface area contributed by atoms with E-state index in [1.807, 2.05) is 11.1 Å². The molecule has 3 rings (SSSR count). The minimum absolute atomic E-state index is 0.0163. The van der Waals surface area contributed by atoms with Crippen LogP contribution in [-0.2, 0) is 13.1 Å². The van der Waals surface area contributed by atoms with Crippen molar-refractivity contribution in [3.63, 3.8) is 0 Å². The molecule has 104 valence electrons. The molecule has 5 nitrogen and oxygen atoms in total. The van der Waals surface area contributed by atoms with Gasteiger partial charge in [0.05, 0.1) is 18.1 Å². The topological polar surface area (TPSA) is 47.4 Å². The number of fused-ring (bicyclic) bond motifs is 1. The lowest BCUT2D eigenvalue weighted by Gasteiger charge is -2.27. The fourth-order valence-corrected chi connectivity index (χ4v) is 2.87. The Morgan fingerprint density at radius 1 is 1.40 bits per heavy atom. The average molecular weight is 336 g/mol. The summed E-state index contributed by atoms with van der Waals surface area (Å²) in [5, 5.41) is 0. The number of carbonyl (C=O) groups excluding carboxylic acids is 1. The highest BCUT2D eigenvalue weighted by Gasteiger charge is 2.22. The number of hydrogen-bond acceptors (Lipinski definition) is 3. The van der Waals surface area contributed by atoms with E-state index >= 15 is 0 Å². The first-order valence-electron chi connectivity index (χ1n) is 6.32. The molecular weight excluding hydrogens is 322 g/mol. The van der Waals surface area contributed by atoms with E-state index in [1.165, 1.54) is 0 Å². The third-order valence-electron chi connectivity index (χ3n) is 3.43. The first-order valence-corrected chi connectivity index (χ1v) is 7.11. The maximum atomic E-state index is 12.5. The Morgan fingerprint density at radius 3 is 3.00 bits per heavy atom. The van der Waals surface area contributed by atoms with Crippen LogP contribution in [0.4, 0.5) is 0 Å². The summed E-state index contributed by atoms with van der Waals surface area (Å²) in [6.07, 6.45) is 3.72. The summed E-state index contributed by atoms with van der Waals surface area (Å²) >= 11 is 3.41. The van der Waals surface area contributed by atoms with Gasteiger partial charge in [-0.25, -0.2) is 4.98 Å². The second-order valence-corrected chi connectivity index (χ2v) is 5.47. The van der Waals surface area contributed by atoms with E-state index in [-0.39, 0.29) is 5.91 Å². The van der Waals surface area contributed by atoms with Crippen molar-refractivity contribution in [1.29, 1.82) is 0 Å². The van der Waals surface area contributed by atoms with Crippen molar-refractivity contribution in [2.45, 2.75) is 13.1 Å². The zero-order chi connectivity index (χ0) is 14.1. The van der Waals surface area contributed by atoms with Crippen LogP contribution in [0.25, 0.3) is 0 Å². The minimum Gasteiger partial charge on any atom is -0.496 e. The van der Waals surface area contributed by atoms with Crippen LogP contribution in [0.1, 0.15) is 16.2 Å². The molecule has 0 unspecified atom stereocenters. The van der Waals surface area contributed by atoms with Crippen LogP contribution in [0.15, 0.2) is 35.1 Å². The van der Waals surface area contributed by atoms with Gasteiger partial charge in [0.1, 0.15) is 11.6 Å². The average Bonchev–Trinajstić information content (AvgIpc) is 2.93. The number of hydrogen-bond donors (Lipinski definition) is 0. The van der Waals surface area contributed by atoms with Gasteiger partial charge < -0.3 is 14.2 Å². The quantitative estimate of drug-likeness (QED) is 0.846. The molecule has 1 aromatic carbocycles. The number of benzene rings is 1. The molecule has 0 N–H and O–H groups in total. The highest BCUT2D eigenvalue weighted by molar-refractivity contribution is 9.10. The number of imidazole rings is 1. The van der Waals surface area contributed by atoms with Crippen molar-refractivity contribution in [2.24, 2.45) is 0 Å². The standard InChI is InChI=1S/C14H14BrN3O2/c1-20-12-3-2-10(8-11(12)15)14(19)18-7-6-17-5-4-16-13(17)9-18/h2-5,8H,6-7,9H2,1H3. The van der Waals surface area contributed by atoms with Crippen molar-refractivity contribution in [3.05, 3.63) is 46.5 Å². The minimum atomic E-state index is 0.0163. The number of halogens is 1. The van der Waals surface area contributed by atoms with E-state index < -0.39 is 0 Å². The lowest BCUT2D eigenvalue weighted by atomic mass is 10.2. The summed E-state index contributed by atoms with van der Waals surface area (Å²) < 4.78 is 8.04. The van der Waals surface area contributed by atoms with Gasteiger partial charge in [-0.3, -0.25) is 4.79 Å². The predicted molar refractivity (Wildman–Crippen MR) is 77.7 cm³/mol. The van der Waals surface area contributed by atoms with Gasteiger partial charge in [-0.1, -0.05) is 0 Å². The molecule has 2 heterocycles. The van der Waals surface area contributed by atoms with Crippen molar-refractivity contribution in [2.75, 3.05) is 13.7 Å². The Morgan fingerprint density at radius 2 is 2.25 bits per heavy atom. The van der Waals surface area contributed by atoms with Crippen LogP contribution in [0.5, 0.6) is 5.75 Å². The first-order chi connectivity index (χ1) is 9.69. The summed E-state index contributed by atoms with van der Waals surface area (Å²) in [7, 11) is 1.60. The number of nitrogens with zero attached hydrogens (tertiary/aromatic N) is 3. The lowest BCUT2D eigenvalue weighted by Crippen LogP contribution is -2.38. The molecule has 0 atom stereocenters. The Bertz CT molecular complexity index is 654. The number of carbonyl (C=O) groups is 1. The van der Waals surface area contributed by atoms with Crippen LogP contribution in [0.2, 0.25) is 0 Å². The van der Waals surface area contributed by atoms with Gasteiger partial charge in [0, 0.05) is 31.0 Å². The molecule has 1 aliphatic rings. The highest BCUT2D eigenvalue weighted by atomic mass is 79.9. The molecule has 20 heavy (non-hydrogen) atoms. The fraction of sp³-hybridized carbons (Fsp3) is 0.286. The molecule has 0 saturated carbocycles. The maximum absolute atomic E-state index is 12.5. The SMILES string of the molecule is COc1ccc(C(=O)N2CCn3ccnc3C2)cc1Br. The van der Waals surface area contributed by atoms with E-state index in [1.54, 1.807) is 31.5 Å². The number of aromatic nitrogens is 2. The van der Waals surface area contributed by atoms with Crippen molar-refractivity contribution in [1.82, 2.24) is 14.5 Å². The third-order valence-corrected chi connectivity index (χ3v) is 4.05. The van der Waals surface area contributed by atoms with Gasteiger partial charge in [0.2, 0.25) is 0 Å². The molecule has 0 bridgehead atoms. The molecule has 1 aromatic heterocycles. The number of rotatable bonds is 2. The summed E-state index contributed by atoms with van der Waals surface area (Å²) in [4.78, 5) is 18.6. The molecule has 1 aliphatic heterocycles. The summed E-state index contributed by atoms with van der Waals surface area (Å²) in [5.41, 5.74) is 0.651. The fourth-order valence-electron chi connectivity index (χ4n) is 2.33. The lowest BCUT2D eigenvalue weighted by molar-refractivity contribution is 0.0707. The molecule has 1 amide bonds. The van der Waals surface area contributed by atoms with Gasteiger partial charge in [-0.05, 0) is 34.1 Å². The number of amides is 1. The molecule has 0 saturated heterocycles. The molecule has 0 fully saturated rings. The van der Waals surface area contributed by atoms with Crippen LogP contribution in [0.3, 0.4) is 0 Å². The van der Waals surface area contributed by atoms with E-state index in [9.17, 15) is 4.79 Å². The Labute approximate surface area is 125 Å². The van der Waals surface area contributed by atoms with Gasteiger partial charge >= 0.3 is 0 Å². The van der Waals surface area contributed by atoms with Crippen LogP contribution >= 0.6 is 15.9 Å². The Balaban J connectivity index is 1.81. The monoisotopic (exact) mass is 335 g/mol. The van der Waals surface area contributed by atoms with E-state index in [4.69, 9.17) is 4.74 Å². The van der Waals surface area contributed by atoms with Crippen molar-refractivity contribution < 1.29 is 9.53 Å². The molecular formula is C14H14BrN3O2. The Kier molecular flexibility index (Phi) is 3.48. The molecule has 2 aromatic rings. The van der Waals surface area contributed by atoms with Gasteiger partial charge in [-0.2, -0.15) is 0 Å². The van der Waals surface area contributed by atoms with Crippen LogP contribution in [0, 0.1) is 0 Å². The summed E-state index contributed by atoms with van der Waals surface area (Å²) in [6.45, 7) is 2.04. The third kappa shape index (κ3) is 2.31. The van der Waals surface area contributed by atoms with Gasteiger partial charge in [0.25, 0.3) is 5.91 Å². The smallest absolute Gasteiger partial charge is 0.254 e. The zero-order valence-electron chi connectivity index (χ0n) is 11.0.